The standard InChI is InChI=1S/C19H19N5O/c20-14-7-9-16(10-8-14)24(15-4-2-1-3-5-15)19(25)13-6-11-17-18(12-13)22-23-21-17/h1-5,7-10,13H,6,11-12,20H2,(H,21,22,23). The Balaban J connectivity index is 1.68. The number of fused-ring (bicyclic) bond motifs is 1. The highest BCUT2D eigenvalue weighted by Gasteiger charge is 2.31. The molecule has 126 valence electrons. The van der Waals surface area contributed by atoms with Crippen molar-refractivity contribution in [2.24, 2.45) is 5.92 Å². The number of nitrogens with one attached hydrogen (secondary N) is 1. The van der Waals surface area contributed by atoms with E-state index in [9.17, 15) is 4.79 Å². The number of benzene rings is 2. The monoisotopic (exact) mass is 333 g/mol. The molecule has 0 saturated carbocycles. The number of nitrogens with two attached hydrogens (primary N) is 1. The Morgan fingerprint density at radius 1 is 1.00 bits per heavy atom. The maximum absolute atomic E-state index is 13.4. The first-order chi connectivity index (χ1) is 12.2. The number of aromatic amines is 1. The Morgan fingerprint density at radius 3 is 2.44 bits per heavy atom. The van der Waals surface area contributed by atoms with Crippen LogP contribution in [0, 0.1) is 5.92 Å². The van der Waals surface area contributed by atoms with Crippen LogP contribution in [0.15, 0.2) is 54.6 Å². The second-order valence-corrected chi connectivity index (χ2v) is 6.26. The zero-order chi connectivity index (χ0) is 17.2. The predicted molar refractivity (Wildman–Crippen MR) is 96.3 cm³/mol. The van der Waals surface area contributed by atoms with Gasteiger partial charge in [-0.2, -0.15) is 15.4 Å². The number of carbonyl (C=O) groups excluding carboxylic acids is 1. The predicted octanol–water partition coefficient (Wildman–Crippen LogP) is 2.86. The fourth-order valence-corrected chi connectivity index (χ4v) is 3.28. The summed E-state index contributed by atoms with van der Waals surface area (Å²) in [6, 6.07) is 17.1. The van der Waals surface area contributed by atoms with Crippen molar-refractivity contribution >= 4 is 23.0 Å². The van der Waals surface area contributed by atoms with Crippen molar-refractivity contribution in [3.05, 3.63) is 66.0 Å². The molecule has 0 bridgehead atoms. The van der Waals surface area contributed by atoms with Crippen molar-refractivity contribution in [2.45, 2.75) is 19.3 Å². The molecule has 1 aliphatic carbocycles. The normalized spacial score (nSPS) is 16.2. The molecule has 0 fully saturated rings. The van der Waals surface area contributed by atoms with E-state index in [1.54, 1.807) is 4.90 Å². The maximum atomic E-state index is 13.4. The highest BCUT2D eigenvalue weighted by Crippen LogP contribution is 2.31. The fraction of sp³-hybridized carbons (Fsp3) is 0.211. The third-order valence-corrected chi connectivity index (χ3v) is 4.61. The molecule has 6 heteroatoms. The van der Waals surface area contributed by atoms with Gasteiger partial charge in [0.2, 0.25) is 5.91 Å². The Kier molecular flexibility index (Phi) is 3.93. The van der Waals surface area contributed by atoms with E-state index in [0.717, 1.165) is 35.6 Å². The molecule has 25 heavy (non-hydrogen) atoms. The smallest absolute Gasteiger partial charge is 0.235 e. The molecule has 2 aromatic carbocycles. The van der Waals surface area contributed by atoms with Crippen molar-refractivity contribution in [1.82, 2.24) is 15.4 Å². The SMILES string of the molecule is Nc1ccc(N(C(=O)C2CCc3n[nH]nc3C2)c2ccccc2)cc1. The molecule has 0 saturated heterocycles. The molecule has 1 aliphatic rings. The van der Waals surface area contributed by atoms with Gasteiger partial charge in [-0.15, -0.1) is 0 Å². The molecule has 4 rings (SSSR count). The summed E-state index contributed by atoms with van der Waals surface area (Å²) in [5.41, 5.74) is 10.0. The summed E-state index contributed by atoms with van der Waals surface area (Å²) in [6.45, 7) is 0. The number of carbonyl (C=O) groups is 1. The number of nitrogen functional groups attached to an aromatic ring is 1. The molecule has 0 spiro atoms. The Hall–Kier alpha value is -3.15. The summed E-state index contributed by atoms with van der Waals surface area (Å²) in [5, 5.41) is 11.0. The van der Waals surface area contributed by atoms with E-state index in [4.69, 9.17) is 5.73 Å². The zero-order valence-electron chi connectivity index (χ0n) is 13.7. The minimum atomic E-state index is -0.115. The van der Waals surface area contributed by atoms with Crippen LogP contribution >= 0.6 is 0 Å². The van der Waals surface area contributed by atoms with Crippen LogP contribution in [0.25, 0.3) is 0 Å². The highest BCUT2D eigenvalue weighted by atomic mass is 16.2. The summed E-state index contributed by atoms with van der Waals surface area (Å²) in [4.78, 5) is 15.1. The van der Waals surface area contributed by atoms with E-state index in [0.29, 0.717) is 12.1 Å². The molecule has 6 nitrogen and oxygen atoms in total. The molecular formula is C19H19N5O. The number of amides is 1. The topological polar surface area (TPSA) is 87.9 Å². The number of hydrogen-bond donors (Lipinski definition) is 2. The average Bonchev–Trinajstić information content (AvgIpc) is 3.12. The lowest BCUT2D eigenvalue weighted by atomic mass is 9.88. The van der Waals surface area contributed by atoms with Crippen LogP contribution in [-0.2, 0) is 17.6 Å². The molecule has 0 radical (unpaired) electrons. The molecular weight excluding hydrogens is 314 g/mol. The van der Waals surface area contributed by atoms with Gasteiger partial charge >= 0.3 is 0 Å². The maximum Gasteiger partial charge on any atom is 0.235 e. The lowest BCUT2D eigenvalue weighted by molar-refractivity contribution is -0.122. The number of para-hydroxylation sites is 1. The van der Waals surface area contributed by atoms with E-state index in [-0.39, 0.29) is 11.8 Å². The van der Waals surface area contributed by atoms with Gasteiger partial charge in [0.1, 0.15) is 0 Å². The lowest BCUT2D eigenvalue weighted by Gasteiger charge is -2.29. The van der Waals surface area contributed by atoms with Crippen LogP contribution in [0.4, 0.5) is 17.1 Å². The van der Waals surface area contributed by atoms with Crippen molar-refractivity contribution in [3.8, 4) is 0 Å². The van der Waals surface area contributed by atoms with E-state index in [1.807, 2.05) is 54.6 Å². The average molecular weight is 333 g/mol. The van der Waals surface area contributed by atoms with Gasteiger partial charge in [-0.1, -0.05) is 18.2 Å². The van der Waals surface area contributed by atoms with E-state index >= 15 is 0 Å². The van der Waals surface area contributed by atoms with Gasteiger partial charge in [-0.3, -0.25) is 9.69 Å². The Labute approximate surface area is 145 Å². The molecule has 1 aromatic heterocycles. The van der Waals surface area contributed by atoms with Gasteiger partial charge in [0.15, 0.2) is 0 Å². The van der Waals surface area contributed by atoms with Crippen LogP contribution in [0.1, 0.15) is 17.8 Å². The molecule has 1 unspecified atom stereocenters. The first-order valence-electron chi connectivity index (χ1n) is 8.35. The quantitative estimate of drug-likeness (QED) is 0.721. The third-order valence-electron chi connectivity index (χ3n) is 4.61. The van der Waals surface area contributed by atoms with Crippen LogP contribution in [0.2, 0.25) is 0 Å². The Morgan fingerprint density at radius 2 is 1.68 bits per heavy atom. The van der Waals surface area contributed by atoms with Crippen LogP contribution < -0.4 is 10.6 Å². The van der Waals surface area contributed by atoms with E-state index in [2.05, 4.69) is 15.4 Å². The van der Waals surface area contributed by atoms with Gasteiger partial charge in [0.05, 0.1) is 11.4 Å². The fourth-order valence-electron chi connectivity index (χ4n) is 3.28. The van der Waals surface area contributed by atoms with Gasteiger partial charge in [0.25, 0.3) is 0 Å². The van der Waals surface area contributed by atoms with Gasteiger partial charge in [-0.05, 0) is 49.2 Å². The summed E-state index contributed by atoms with van der Waals surface area (Å²) in [5.74, 6) is -0.0417. The minimum Gasteiger partial charge on any atom is -0.399 e. The van der Waals surface area contributed by atoms with Crippen molar-refractivity contribution in [2.75, 3.05) is 10.6 Å². The number of nitrogens with zero attached hydrogens (tertiary/aromatic N) is 3. The molecule has 1 heterocycles. The molecule has 3 N–H and O–H groups in total. The summed E-state index contributed by atoms with van der Waals surface area (Å²) in [6.07, 6.45) is 2.16. The van der Waals surface area contributed by atoms with Crippen molar-refractivity contribution in [3.63, 3.8) is 0 Å². The number of aromatic nitrogens is 3. The van der Waals surface area contributed by atoms with Crippen LogP contribution in [0.5, 0.6) is 0 Å². The number of H-pyrrole nitrogens is 1. The molecule has 3 aromatic rings. The van der Waals surface area contributed by atoms with Gasteiger partial charge in [0, 0.05) is 29.4 Å². The number of rotatable bonds is 3. The molecule has 0 aliphatic heterocycles. The van der Waals surface area contributed by atoms with Crippen molar-refractivity contribution < 1.29 is 4.79 Å². The zero-order valence-corrected chi connectivity index (χ0v) is 13.7. The number of hydrogen-bond acceptors (Lipinski definition) is 4. The summed E-state index contributed by atoms with van der Waals surface area (Å²) < 4.78 is 0. The van der Waals surface area contributed by atoms with Gasteiger partial charge < -0.3 is 5.73 Å². The number of aryl methyl sites for hydroxylation is 1. The summed E-state index contributed by atoms with van der Waals surface area (Å²) >= 11 is 0. The second kappa shape index (κ2) is 6.39. The molecule has 1 amide bonds. The van der Waals surface area contributed by atoms with E-state index in [1.165, 1.54) is 0 Å². The molecule has 1 atom stereocenters. The van der Waals surface area contributed by atoms with Gasteiger partial charge in [-0.25, -0.2) is 0 Å². The lowest BCUT2D eigenvalue weighted by Crippen LogP contribution is -2.35. The van der Waals surface area contributed by atoms with Crippen LogP contribution in [0.3, 0.4) is 0 Å². The largest absolute Gasteiger partial charge is 0.399 e. The first-order valence-corrected chi connectivity index (χ1v) is 8.35. The van der Waals surface area contributed by atoms with Crippen molar-refractivity contribution in [1.29, 1.82) is 0 Å². The summed E-state index contributed by atoms with van der Waals surface area (Å²) in [7, 11) is 0. The second-order valence-electron chi connectivity index (χ2n) is 6.26. The highest BCUT2D eigenvalue weighted by molar-refractivity contribution is 6.02. The number of anilines is 3. The minimum absolute atomic E-state index is 0.0737. The first kappa shape index (κ1) is 15.4. The third kappa shape index (κ3) is 2.98. The van der Waals surface area contributed by atoms with Crippen LogP contribution in [-0.4, -0.2) is 21.3 Å². The Bertz CT molecular complexity index is 872. The van der Waals surface area contributed by atoms with E-state index < -0.39 is 0 Å².